The minimum Gasteiger partial charge on any atom is -0.341 e. The summed E-state index contributed by atoms with van der Waals surface area (Å²) in [5, 5.41) is 0. The molecular weight excluding hydrogens is 160 g/mol. The fourth-order valence-electron chi connectivity index (χ4n) is 0.789. The Morgan fingerprint density at radius 2 is 2.00 bits per heavy atom. The summed E-state index contributed by atoms with van der Waals surface area (Å²) >= 11 is 0. The van der Waals surface area contributed by atoms with E-state index in [1.165, 1.54) is 11.3 Å². The molecule has 0 radical (unpaired) electrons. The minimum absolute atomic E-state index is 1.19. The number of aryl methyl sites for hydroxylation is 1. The average molecular weight is 171 g/mol. The van der Waals surface area contributed by atoms with Crippen LogP contribution in [-0.2, 0) is 0 Å². The predicted octanol–water partition coefficient (Wildman–Crippen LogP) is 2.38. The Morgan fingerprint density at radius 3 is 2.40 bits per heavy atom. The third kappa shape index (κ3) is 1.94. The first-order valence-corrected chi connectivity index (χ1v) is 4.09. The standard InChI is InChI=1S/C7H11NP2/c1-6-3-2-4-7(5-6)8(9)10/h2-5H,9-10H2,1H3. The second kappa shape index (κ2) is 3.32. The maximum absolute atomic E-state index is 2.59. The molecule has 3 heteroatoms. The van der Waals surface area contributed by atoms with Crippen LogP contribution in [0.2, 0.25) is 0 Å². The summed E-state index contributed by atoms with van der Waals surface area (Å²) in [7, 11) is 5.18. The average Bonchev–Trinajstić information content (AvgIpc) is 1.88. The zero-order valence-electron chi connectivity index (χ0n) is 5.91. The van der Waals surface area contributed by atoms with Crippen LogP contribution in [-0.4, -0.2) is 0 Å². The Morgan fingerprint density at radius 1 is 1.30 bits per heavy atom. The molecule has 0 saturated carbocycles. The molecule has 0 fully saturated rings. The summed E-state index contributed by atoms with van der Waals surface area (Å²) < 4.78 is 1.94. The number of anilines is 1. The highest BCUT2D eigenvalue weighted by atomic mass is 31.1. The van der Waals surface area contributed by atoms with Crippen molar-refractivity contribution in [3.63, 3.8) is 0 Å². The van der Waals surface area contributed by atoms with Gasteiger partial charge in [-0.3, -0.25) is 0 Å². The van der Waals surface area contributed by atoms with Crippen LogP contribution in [0.3, 0.4) is 0 Å². The van der Waals surface area contributed by atoms with Crippen molar-refractivity contribution in [2.75, 3.05) is 4.44 Å². The number of rotatable bonds is 1. The van der Waals surface area contributed by atoms with Crippen LogP contribution in [0.25, 0.3) is 0 Å². The van der Waals surface area contributed by atoms with Gasteiger partial charge in [-0.25, -0.2) is 0 Å². The van der Waals surface area contributed by atoms with Gasteiger partial charge in [-0.15, -0.1) is 0 Å². The van der Waals surface area contributed by atoms with E-state index < -0.39 is 0 Å². The lowest BCUT2D eigenvalue weighted by Crippen LogP contribution is -1.88. The fourth-order valence-corrected chi connectivity index (χ4v) is 1.11. The molecule has 0 saturated heterocycles. The topological polar surface area (TPSA) is 3.24 Å². The highest BCUT2D eigenvalue weighted by Crippen LogP contribution is 2.22. The van der Waals surface area contributed by atoms with Gasteiger partial charge in [0, 0.05) is 5.69 Å². The molecule has 0 amide bonds. The van der Waals surface area contributed by atoms with Crippen LogP contribution >= 0.6 is 18.8 Å². The summed E-state index contributed by atoms with van der Waals surface area (Å²) in [6, 6.07) is 8.32. The highest BCUT2D eigenvalue weighted by Gasteiger charge is 1.92. The van der Waals surface area contributed by atoms with E-state index in [1.807, 2.05) is 10.5 Å². The molecule has 0 aliphatic heterocycles. The Kier molecular flexibility index (Phi) is 2.65. The monoisotopic (exact) mass is 171 g/mol. The molecule has 0 heterocycles. The Balaban J connectivity index is 2.96. The quantitative estimate of drug-likeness (QED) is 0.586. The molecule has 1 aromatic rings. The van der Waals surface area contributed by atoms with Crippen molar-refractivity contribution < 1.29 is 0 Å². The van der Waals surface area contributed by atoms with Crippen LogP contribution in [0.15, 0.2) is 24.3 Å². The molecule has 10 heavy (non-hydrogen) atoms. The smallest absolute Gasteiger partial charge is 0.0425 e. The van der Waals surface area contributed by atoms with Gasteiger partial charge in [0.1, 0.15) is 0 Å². The van der Waals surface area contributed by atoms with E-state index in [4.69, 9.17) is 0 Å². The van der Waals surface area contributed by atoms with Crippen molar-refractivity contribution in [1.82, 2.24) is 0 Å². The van der Waals surface area contributed by atoms with Crippen LogP contribution in [0, 0.1) is 6.92 Å². The highest BCUT2D eigenvalue weighted by molar-refractivity contribution is 7.39. The molecule has 2 atom stereocenters. The van der Waals surface area contributed by atoms with Gasteiger partial charge in [-0.2, -0.15) is 0 Å². The van der Waals surface area contributed by atoms with E-state index >= 15 is 0 Å². The normalized spacial score (nSPS) is 9.50. The van der Waals surface area contributed by atoms with Crippen LogP contribution in [0.1, 0.15) is 5.56 Å². The molecule has 0 aromatic heterocycles. The van der Waals surface area contributed by atoms with Gasteiger partial charge in [-0.05, 0) is 43.4 Å². The van der Waals surface area contributed by atoms with E-state index in [0.717, 1.165) is 0 Å². The molecule has 0 bridgehead atoms. The van der Waals surface area contributed by atoms with Crippen molar-refractivity contribution in [1.29, 1.82) is 0 Å². The maximum atomic E-state index is 2.59. The molecule has 1 nitrogen and oxygen atoms in total. The van der Waals surface area contributed by atoms with Gasteiger partial charge < -0.3 is 4.44 Å². The maximum Gasteiger partial charge on any atom is 0.0425 e. The lowest BCUT2D eigenvalue weighted by Gasteiger charge is -2.11. The van der Waals surface area contributed by atoms with Crippen molar-refractivity contribution in [3.05, 3.63) is 29.8 Å². The second-order valence-corrected chi connectivity index (χ2v) is 3.96. The lowest BCUT2D eigenvalue weighted by molar-refractivity contribution is 1.46. The van der Waals surface area contributed by atoms with Crippen molar-refractivity contribution >= 4 is 24.5 Å². The van der Waals surface area contributed by atoms with Crippen LogP contribution < -0.4 is 4.44 Å². The van der Waals surface area contributed by atoms with E-state index in [-0.39, 0.29) is 0 Å². The van der Waals surface area contributed by atoms with Crippen molar-refractivity contribution in [3.8, 4) is 0 Å². The molecule has 54 valence electrons. The van der Waals surface area contributed by atoms with Crippen LogP contribution in [0.4, 0.5) is 5.69 Å². The predicted molar refractivity (Wildman–Crippen MR) is 53.1 cm³/mol. The van der Waals surface area contributed by atoms with Crippen LogP contribution in [0.5, 0.6) is 0 Å². The molecule has 0 aliphatic rings. The zero-order chi connectivity index (χ0) is 7.56. The molecular formula is C7H11NP2. The summed E-state index contributed by atoms with van der Waals surface area (Å²) in [5.74, 6) is 0. The zero-order valence-corrected chi connectivity index (χ0v) is 8.22. The van der Waals surface area contributed by atoms with Crippen molar-refractivity contribution in [2.45, 2.75) is 6.92 Å². The number of hydrogen-bond acceptors (Lipinski definition) is 1. The Bertz CT molecular complexity index is 223. The summed E-state index contributed by atoms with van der Waals surface area (Å²) in [4.78, 5) is 0. The van der Waals surface area contributed by atoms with Gasteiger partial charge in [0.15, 0.2) is 0 Å². The Hall–Kier alpha value is -0.120. The van der Waals surface area contributed by atoms with Gasteiger partial charge in [0.2, 0.25) is 0 Å². The third-order valence-corrected chi connectivity index (χ3v) is 1.90. The first kappa shape index (κ1) is 7.98. The molecule has 1 rings (SSSR count). The second-order valence-electron chi connectivity index (χ2n) is 2.25. The lowest BCUT2D eigenvalue weighted by atomic mass is 10.2. The summed E-state index contributed by atoms with van der Waals surface area (Å²) in [5.41, 5.74) is 2.47. The largest absolute Gasteiger partial charge is 0.341 e. The van der Waals surface area contributed by atoms with E-state index in [1.54, 1.807) is 0 Å². The SMILES string of the molecule is Cc1cccc(N(P)P)c1. The van der Waals surface area contributed by atoms with Gasteiger partial charge in [0.25, 0.3) is 0 Å². The molecule has 0 aliphatic carbocycles. The van der Waals surface area contributed by atoms with E-state index in [0.29, 0.717) is 0 Å². The number of hydrogen-bond donors (Lipinski definition) is 0. The van der Waals surface area contributed by atoms with E-state index in [9.17, 15) is 0 Å². The van der Waals surface area contributed by atoms with Gasteiger partial charge in [-0.1, -0.05) is 12.1 Å². The molecule has 1 aromatic carbocycles. The summed E-state index contributed by atoms with van der Waals surface area (Å²) in [6.07, 6.45) is 0. The van der Waals surface area contributed by atoms with Gasteiger partial charge >= 0.3 is 0 Å². The number of benzene rings is 1. The first-order chi connectivity index (χ1) is 4.70. The minimum atomic E-state index is 1.19. The summed E-state index contributed by atoms with van der Waals surface area (Å²) in [6.45, 7) is 2.09. The Labute approximate surface area is 66.3 Å². The fraction of sp³-hybridized carbons (Fsp3) is 0.143. The van der Waals surface area contributed by atoms with Gasteiger partial charge in [0.05, 0.1) is 0 Å². The van der Waals surface area contributed by atoms with E-state index in [2.05, 4.69) is 43.9 Å². The third-order valence-electron chi connectivity index (χ3n) is 1.30. The molecule has 0 spiro atoms. The molecule has 2 unspecified atom stereocenters. The first-order valence-electron chi connectivity index (χ1n) is 3.06. The molecule has 0 N–H and O–H groups in total. The number of nitrogens with zero attached hydrogens (tertiary/aromatic N) is 1. The van der Waals surface area contributed by atoms with Crippen molar-refractivity contribution in [2.24, 2.45) is 0 Å².